The number of ether oxygens (including phenoxy) is 5. The number of fused-ring (bicyclic) bond motifs is 1. The quantitative estimate of drug-likeness (QED) is 0.161. The molecule has 15 nitrogen and oxygen atoms in total. The van der Waals surface area contributed by atoms with Crippen LogP contribution in [0.2, 0.25) is 0 Å². The molecular formula is C28H34O15. The summed E-state index contributed by atoms with van der Waals surface area (Å²) in [6.07, 6.45) is -14.2. The van der Waals surface area contributed by atoms with Crippen molar-refractivity contribution in [1.29, 1.82) is 0 Å². The van der Waals surface area contributed by atoms with Crippen LogP contribution in [-0.4, -0.2) is 126 Å². The summed E-state index contributed by atoms with van der Waals surface area (Å²) in [4.78, 5) is 0. The Balaban J connectivity index is 1.35. The van der Waals surface area contributed by atoms with Gasteiger partial charge in [-0.1, -0.05) is 0 Å². The van der Waals surface area contributed by atoms with E-state index < -0.39 is 72.7 Å². The van der Waals surface area contributed by atoms with E-state index >= 15 is 0 Å². The Kier molecular flexibility index (Phi) is 8.89. The smallest absolute Gasteiger partial charge is 0.228 e. The Morgan fingerprint density at radius 2 is 1.37 bits per heavy atom. The second kappa shape index (κ2) is 12.3. The van der Waals surface area contributed by atoms with Crippen LogP contribution in [0.15, 0.2) is 36.1 Å². The van der Waals surface area contributed by atoms with Crippen molar-refractivity contribution < 1.29 is 74.7 Å². The highest BCUT2D eigenvalue weighted by molar-refractivity contribution is 5.71. The fourth-order valence-electron chi connectivity index (χ4n) is 5.14. The van der Waals surface area contributed by atoms with Crippen molar-refractivity contribution in [1.82, 2.24) is 0 Å². The molecule has 2 fully saturated rings. The number of phenolic OH excluding ortho intramolecular Hbond substituents is 4. The van der Waals surface area contributed by atoms with Gasteiger partial charge in [-0.2, -0.15) is 0 Å². The van der Waals surface area contributed by atoms with Crippen molar-refractivity contribution in [2.24, 2.45) is 0 Å². The number of hydrogen-bond acceptors (Lipinski definition) is 15. The molecule has 5 rings (SSSR count). The number of phenols is 4. The third-order valence-corrected chi connectivity index (χ3v) is 7.65. The second-order valence-electron chi connectivity index (χ2n) is 10.7. The molecule has 10 N–H and O–H groups in total. The van der Waals surface area contributed by atoms with Gasteiger partial charge in [-0.25, -0.2) is 0 Å². The van der Waals surface area contributed by atoms with E-state index in [0.717, 1.165) is 6.07 Å². The molecule has 2 aromatic carbocycles. The lowest BCUT2D eigenvalue weighted by Crippen LogP contribution is -2.60. The molecule has 43 heavy (non-hydrogen) atoms. The summed E-state index contributed by atoms with van der Waals surface area (Å²) in [6, 6.07) is 6.10. The highest BCUT2D eigenvalue weighted by atomic mass is 16.7. The maximum absolute atomic E-state index is 10.7. The molecule has 236 valence electrons. The molecule has 0 aliphatic carbocycles. The first-order chi connectivity index (χ1) is 20.3. The van der Waals surface area contributed by atoms with Gasteiger partial charge < -0.3 is 74.7 Å². The fourth-order valence-corrected chi connectivity index (χ4v) is 5.14. The molecule has 2 saturated heterocycles. The van der Waals surface area contributed by atoms with E-state index in [9.17, 15) is 51.1 Å². The summed E-state index contributed by atoms with van der Waals surface area (Å²) in [5.41, 5.74) is 0.412. The SMILES string of the molecule is CC1OC(COCC2OC(OC3=C(c4ccc(O)c(O)c4)Oc4cc(O)cc(O)c4C3)C(O)C(O)C2O)C(O)C(O)C1O. The lowest BCUT2D eigenvalue weighted by atomic mass is 9.96. The van der Waals surface area contributed by atoms with Crippen LogP contribution in [0.4, 0.5) is 0 Å². The van der Waals surface area contributed by atoms with Gasteiger partial charge in [0.2, 0.25) is 6.29 Å². The predicted octanol–water partition coefficient (Wildman–Crippen LogP) is -1.48. The van der Waals surface area contributed by atoms with Crippen LogP contribution in [0, 0.1) is 0 Å². The van der Waals surface area contributed by atoms with Crippen LogP contribution in [0.5, 0.6) is 28.7 Å². The summed E-state index contributed by atoms with van der Waals surface area (Å²) < 4.78 is 28.6. The standard InChI is InChI=1S/C28H34O15/c1-10-21(33)24(36)22(34)19(40-10)8-39-9-20-23(35)25(37)26(38)28(43-20)42-18-7-13-15(31)5-12(29)6-17(13)41-27(18)11-2-3-14(30)16(32)4-11/h2-6,10,19-26,28-38H,7-9H2,1H3. The summed E-state index contributed by atoms with van der Waals surface area (Å²) >= 11 is 0. The first-order valence-electron chi connectivity index (χ1n) is 13.5. The van der Waals surface area contributed by atoms with Gasteiger partial charge in [-0.3, -0.25) is 0 Å². The molecule has 0 spiro atoms. The number of aromatic hydroxyl groups is 4. The first kappa shape index (κ1) is 31.1. The zero-order chi connectivity index (χ0) is 31.2. The molecule has 3 heterocycles. The fraction of sp³-hybridized carbons (Fsp3) is 0.500. The Labute approximate surface area is 244 Å². The van der Waals surface area contributed by atoms with Crippen LogP contribution in [0.3, 0.4) is 0 Å². The number of rotatable bonds is 7. The molecule has 0 bridgehead atoms. The number of aliphatic hydroxyl groups is 6. The zero-order valence-electron chi connectivity index (χ0n) is 22.8. The van der Waals surface area contributed by atoms with Crippen LogP contribution >= 0.6 is 0 Å². The van der Waals surface area contributed by atoms with Gasteiger partial charge in [-0.15, -0.1) is 0 Å². The van der Waals surface area contributed by atoms with Crippen LogP contribution < -0.4 is 4.74 Å². The zero-order valence-corrected chi connectivity index (χ0v) is 22.8. The number of benzene rings is 2. The molecule has 10 atom stereocenters. The topological polar surface area (TPSA) is 248 Å². The minimum absolute atomic E-state index is 0.0321. The largest absolute Gasteiger partial charge is 0.508 e. The van der Waals surface area contributed by atoms with Gasteiger partial charge in [0.15, 0.2) is 17.3 Å². The van der Waals surface area contributed by atoms with Crippen LogP contribution in [0.1, 0.15) is 18.1 Å². The van der Waals surface area contributed by atoms with Crippen molar-refractivity contribution in [3.63, 3.8) is 0 Å². The molecule has 0 radical (unpaired) electrons. The van der Waals surface area contributed by atoms with Crippen molar-refractivity contribution in [3.8, 4) is 28.7 Å². The third kappa shape index (κ3) is 6.17. The number of allylic oxidation sites excluding steroid dienone is 1. The molecule has 3 aliphatic rings. The van der Waals surface area contributed by atoms with Gasteiger partial charge in [0, 0.05) is 29.7 Å². The lowest BCUT2D eigenvalue weighted by molar-refractivity contribution is -0.296. The molecule has 2 aromatic rings. The predicted molar refractivity (Wildman–Crippen MR) is 142 cm³/mol. The van der Waals surface area contributed by atoms with E-state index in [4.69, 9.17) is 23.7 Å². The second-order valence-corrected chi connectivity index (χ2v) is 10.7. The van der Waals surface area contributed by atoms with Crippen LogP contribution in [-0.2, 0) is 25.4 Å². The van der Waals surface area contributed by atoms with E-state index in [0.29, 0.717) is 0 Å². The summed E-state index contributed by atoms with van der Waals surface area (Å²) in [5.74, 6) is -1.50. The summed E-state index contributed by atoms with van der Waals surface area (Å²) in [7, 11) is 0. The molecule has 0 saturated carbocycles. The van der Waals surface area contributed by atoms with Crippen molar-refractivity contribution in [2.75, 3.05) is 13.2 Å². The first-order valence-corrected chi connectivity index (χ1v) is 13.5. The van der Waals surface area contributed by atoms with Crippen LogP contribution in [0.25, 0.3) is 5.76 Å². The molecule has 10 unspecified atom stereocenters. The summed E-state index contributed by atoms with van der Waals surface area (Å²) in [5, 5.41) is 102. The normalized spacial score (nSPS) is 34.4. The minimum Gasteiger partial charge on any atom is -0.508 e. The third-order valence-electron chi connectivity index (χ3n) is 7.65. The van der Waals surface area contributed by atoms with E-state index in [1.54, 1.807) is 0 Å². The van der Waals surface area contributed by atoms with Gasteiger partial charge in [0.05, 0.1) is 19.3 Å². The minimum atomic E-state index is -1.77. The van der Waals surface area contributed by atoms with Gasteiger partial charge in [-0.05, 0) is 25.1 Å². The van der Waals surface area contributed by atoms with E-state index in [1.807, 2.05) is 0 Å². The number of hydrogen-bond donors (Lipinski definition) is 10. The molecule has 0 aromatic heterocycles. The van der Waals surface area contributed by atoms with Crippen molar-refractivity contribution >= 4 is 5.76 Å². The van der Waals surface area contributed by atoms with E-state index in [2.05, 4.69) is 0 Å². The molecule has 15 heteroatoms. The highest BCUT2D eigenvalue weighted by Gasteiger charge is 2.47. The van der Waals surface area contributed by atoms with Crippen molar-refractivity contribution in [2.45, 2.75) is 74.6 Å². The van der Waals surface area contributed by atoms with Gasteiger partial charge in [0.1, 0.15) is 71.8 Å². The highest BCUT2D eigenvalue weighted by Crippen LogP contribution is 2.43. The Hall–Kier alpha value is -3.38. The summed E-state index contributed by atoms with van der Waals surface area (Å²) in [6.45, 7) is 0.864. The van der Waals surface area contributed by atoms with E-state index in [1.165, 1.54) is 31.2 Å². The number of aliphatic hydroxyl groups excluding tert-OH is 6. The van der Waals surface area contributed by atoms with E-state index in [-0.39, 0.29) is 59.5 Å². The van der Waals surface area contributed by atoms with Crippen molar-refractivity contribution in [3.05, 3.63) is 47.2 Å². The lowest BCUT2D eigenvalue weighted by Gasteiger charge is -2.41. The average Bonchev–Trinajstić information content (AvgIpc) is 2.97. The monoisotopic (exact) mass is 610 g/mol. The van der Waals surface area contributed by atoms with Gasteiger partial charge >= 0.3 is 0 Å². The maximum Gasteiger partial charge on any atom is 0.228 e. The average molecular weight is 611 g/mol. The van der Waals surface area contributed by atoms with Gasteiger partial charge in [0.25, 0.3) is 0 Å². The Bertz CT molecular complexity index is 1350. The Morgan fingerprint density at radius 1 is 0.721 bits per heavy atom. The maximum atomic E-state index is 10.7. The Morgan fingerprint density at radius 3 is 2.05 bits per heavy atom. The molecular weight excluding hydrogens is 576 g/mol. The molecule has 0 amide bonds. The molecule has 3 aliphatic heterocycles.